The molecule has 1 aliphatic rings. The molecule has 32 heavy (non-hydrogen) atoms. The Kier molecular flexibility index (Phi) is 5.48. The van der Waals surface area contributed by atoms with Crippen LogP contribution in [0.3, 0.4) is 0 Å². The molecule has 0 unspecified atom stereocenters. The second-order valence-electron chi connectivity index (χ2n) is 7.48. The molecule has 1 heterocycles. The second kappa shape index (κ2) is 8.40. The summed E-state index contributed by atoms with van der Waals surface area (Å²) in [4.78, 5) is 28.2. The number of benzene rings is 3. The van der Waals surface area contributed by atoms with Gasteiger partial charge in [0, 0.05) is 0 Å². The predicted molar refractivity (Wildman–Crippen MR) is 123 cm³/mol. The number of aryl methyl sites for hydroxylation is 2. The van der Waals surface area contributed by atoms with Crippen LogP contribution in [0.15, 0.2) is 72.4 Å². The highest BCUT2D eigenvalue weighted by atomic mass is 16.5. The zero-order valence-corrected chi connectivity index (χ0v) is 18.0. The highest BCUT2D eigenvalue weighted by Crippen LogP contribution is 2.36. The van der Waals surface area contributed by atoms with Crippen molar-refractivity contribution in [3.05, 3.63) is 94.7 Å². The zero-order chi connectivity index (χ0) is 22.8. The second-order valence-corrected chi connectivity index (χ2v) is 7.48. The molecule has 158 valence electrons. The lowest BCUT2D eigenvalue weighted by Crippen LogP contribution is -2.32. The Bertz CT molecular complexity index is 1300. The summed E-state index contributed by atoms with van der Waals surface area (Å²) in [5.74, 6) is -0.351. The van der Waals surface area contributed by atoms with E-state index in [9.17, 15) is 9.59 Å². The van der Waals surface area contributed by atoms with Crippen molar-refractivity contribution in [1.29, 1.82) is 5.26 Å². The Morgan fingerprint density at radius 1 is 0.906 bits per heavy atom. The molecule has 0 atom stereocenters. The molecule has 1 aliphatic heterocycles. The van der Waals surface area contributed by atoms with Gasteiger partial charge in [-0.25, -0.2) is 4.90 Å². The smallest absolute Gasteiger partial charge is 0.282 e. The molecule has 0 spiro atoms. The van der Waals surface area contributed by atoms with Gasteiger partial charge in [0.05, 0.1) is 35.7 Å². The van der Waals surface area contributed by atoms with E-state index in [2.05, 4.69) is 5.32 Å². The van der Waals surface area contributed by atoms with Crippen LogP contribution in [0.5, 0.6) is 5.75 Å². The standard InChI is InChI=1S/C26H21N3O3/c1-16-8-11-19(14-17(16)2)23-24(28-21-6-4-5-7-22(21)32-3)26(31)29(25(23)30)20-12-9-18(15-27)10-13-20/h4-14,28H,1-3H3. The van der Waals surface area contributed by atoms with E-state index in [1.165, 1.54) is 0 Å². The maximum atomic E-state index is 13.5. The molecule has 0 aliphatic carbocycles. The summed E-state index contributed by atoms with van der Waals surface area (Å²) in [5.41, 5.74) is 4.65. The number of methoxy groups -OCH3 is 1. The summed E-state index contributed by atoms with van der Waals surface area (Å²) in [6.45, 7) is 3.96. The normalized spacial score (nSPS) is 13.4. The third kappa shape index (κ3) is 3.61. The topological polar surface area (TPSA) is 82.4 Å². The van der Waals surface area contributed by atoms with Gasteiger partial charge >= 0.3 is 0 Å². The molecular formula is C26H21N3O3. The fraction of sp³-hybridized carbons (Fsp3) is 0.115. The van der Waals surface area contributed by atoms with Crippen molar-refractivity contribution in [3.63, 3.8) is 0 Å². The first-order valence-electron chi connectivity index (χ1n) is 10.1. The molecule has 0 saturated carbocycles. The van der Waals surface area contributed by atoms with Gasteiger partial charge in [-0.3, -0.25) is 9.59 Å². The fourth-order valence-electron chi connectivity index (χ4n) is 3.61. The van der Waals surface area contributed by atoms with E-state index in [1.54, 1.807) is 43.5 Å². The molecule has 3 aromatic rings. The fourth-order valence-corrected chi connectivity index (χ4v) is 3.61. The predicted octanol–water partition coefficient (Wildman–Crippen LogP) is 4.58. The molecule has 3 aromatic carbocycles. The van der Waals surface area contributed by atoms with E-state index in [4.69, 9.17) is 10.00 Å². The van der Waals surface area contributed by atoms with Crippen LogP contribution in [0.1, 0.15) is 22.3 Å². The Balaban J connectivity index is 1.85. The summed E-state index contributed by atoms with van der Waals surface area (Å²) in [6, 6.07) is 21.3. The van der Waals surface area contributed by atoms with E-state index >= 15 is 0 Å². The number of nitrogens with one attached hydrogen (secondary N) is 1. The van der Waals surface area contributed by atoms with Crippen molar-refractivity contribution in [2.45, 2.75) is 13.8 Å². The summed E-state index contributed by atoms with van der Waals surface area (Å²) in [5, 5.41) is 12.2. The molecule has 2 amide bonds. The molecule has 1 N–H and O–H groups in total. The van der Waals surface area contributed by atoms with Crippen molar-refractivity contribution in [2.24, 2.45) is 0 Å². The average molecular weight is 423 g/mol. The quantitative estimate of drug-likeness (QED) is 0.608. The van der Waals surface area contributed by atoms with Crippen LogP contribution in [0.4, 0.5) is 11.4 Å². The number of nitriles is 1. The first-order valence-corrected chi connectivity index (χ1v) is 10.1. The number of para-hydroxylation sites is 2. The van der Waals surface area contributed by atoms with Gasteiger partial charge in [-0.05, 0) is 66.9 Å². The summed E-state index contributed by atoms with van der Waals surface area (Å²) >= 11 is 0. The molecular weight excluding hydrogens is 402 g/mol. The number of hydrogen-bond donors (Lipinski definition) is 1. The molecule has 6 nitrogen and oxygen atoms in total. The molecule has 0 fully saturated rings. The van der Waals surface area contributed by atoms with E-state index in [1.807, 2.05) is 50.2 Å². The van der Waals surface area contributed by atoms with E-state index in [0.717, 1.165) is 16.0 Å². The summed E-state index contributed by atoms with van der Waals surface area (Å²) < 4.78 is 5.40. The first kappa shape index (κ1) is 20.9. The number of amides is 2. The van der Waals surface area contributed by atoms with Gasteiger partial charge < -0.3 is 10.1 Å². The highest BCUT2D eigenvalue weighted by molar-refractivity contribution is 6.46. The molecule has 0 aromatic heterocycles. The summed E-state index contributed by atoms with van der Waals surface area (Å²) in [7, 11) is 1.55. The van der Waals surface area contributed by atoms with Crippen LogP contribution >= 0.6 is 0 Å². The molecule has 0 bridgehead atoms. The SMILES string of the molecule is COc1ccccc1NC1=C(c2ccc(C)c(C)c2)C(=O)N(c2ccc(C#N)cc2)C1=O. The van der Waals surface area contributed by atoms with Gasteiger partial charge in [-0.2, -0.15) is 5.26 Å². The van der Waals surface area contributed by atoms with Crippen LogP contribution in [-0.2, 0) is 9.59 Å². The van der Waals surface area contributed by atoms with Gasteiger partial charge in [0.2, 0.25) is 0 Å². The Labute approximate surface area is 186 Å². The minimum Gasteiger partial charge on any atom is -0.495 e. The largest absolute Gasteiger partial charge is 0.495 e. The number of anilines is 2. The Hall–Kier alpha value is -4.37. The number of nitrogens with zero attached hydrogens (tertiary/aromatic N) is 2. The minimum absolute atomic E-state index is 0.173. The molecule has 4 rings (SSSR count). The van der Waals surface area contributed by atoms with Gasteiger partial charge in [0.25, 0.3) is 11.8 Å². The Morgan fingerprint density at radius 3 is 2.28 bits per heavy atom. The average Bonchev–Trinajstić information content (AvgIpc) is 3.05. The van der Waals surface area contributed by atoms with Crippen LogP contribution in [0.2, 0.25) is 0 Å². The molecule has 0 radical (unpaired) electrons. The van der Waals surface area contributed by atoms with Crippen LogP contribution in [0, 0.1) is 25.2 Å². The van der Waals surface area contributed by atoms with Gasteiger partial charge in [-0.15, -0.1) is 0 Å². The Morgan fingerprint density at radius 2 is 1.62 bits per heavy atom. The minimum atomic E-state index is -0.473. The van der Waals surface area contributed by atoms with Crippen LogP contribution < -0.4 is 15.0 Å². The number of carbonyl (C=O) groups excluding carboxylic acids is 2. The highest BCUT2D eigenvalue weighted by Gasteiger charge is 2.40. The number of carbonyl (C=O) groups is 2. The number of ether oxygens (including phenoxy) is 1. The lowest BCUT2D eigenvalue weighted by Gasteiger charge is -2.16. The van der Waals surface area contributed by atoms with Gasteiger partial charge in [0.15, 0.2) is 0 Å². The number of hydrogen-bond acceptors (Lipinski definition) is 5. The lowest BCUT2D eigenvalue weighted by molar-refractivity contribution is -0.120. The van der Waals surface area contributed by atoms with Crippen molar-refractivity contribution in [1.82, 2.24) is 0 Å². The van der Waals surface area contributed by atoms with Crippen LogP contribution in [-0.4, -0.2) is 18.9 Å². The third-order valence-electron chi connectivity index (χ3n) is 5.50. The zero-order valence-electron chi connectivity index (χ0n) is 18.0. The van der Waals surface area contributed by atoms with Gasteiger partial charge in [0.1, 0.15) is 11.4 Å². The number of imide groups is 1. The van der Waals surface area contributed by atoms with Crippen molar-refractivity contribution in [3.8, 4) is 11.8 Å². The van der Waals surface area contributed by atoms with Crippen LogP contribution in [0.25, 0.3) is 5.57 Å². The molecule has 6 heteroatoms. The van der Waals surface area contributed by atoms with E-state index in [-0.39, 0.29) is 11.3 Å². The van der Waals surface area contributed by atoms with Crippen molar-refractivity contribution < 1.29 is 14.3 Å². The maximum absolute atomic E-state index is 13.5. The summed E-state index contributed by atoms with van der Waals surface area (Å²) in [6.07, 6.45) is 0. The third-order valence-corrected chi connectivity index (χ3v) is 5.50. The van der Waals surface area contributed by atoms with Crippen molar-refractivity contribution >= 4 is 28.8 Å². The van der Waals surface area contributed by atoms with Gasteiger partial charge in [-0.1, -0.05) is 30.3 Å². The monoisotopic (exact) mass is 423 g/mol. The molecule has 0 saturated heterocycles. The van der Waals surface area contributed by atoms with Crippen molar-refractivity contribution in [2.75, 3.05) is 17.3 Å². The first-order chi connectivity index (χ1) is 15.4. The lowest BCUT2D eigenvalue weighted by atomic mass is 9.99. The number of rotatable bonds is 5. The maximum Gasteiger partial charge on any atom is 0.282 e. The van der Waals surface area contributed by atoms with E-state index < -0.39 is 11.8 Å². The van der Waals surface area contributed by atoms with E-state index in [0.29, 0.717) is 28.3 Å².